The highest BCUT2D eigenvalue weighted by Crippen LogP contribution is 2.19. The number of carbonyl (C=O) groups is 2. The summed E-state index contributed by atoms with van der Waals surface area (Å²) in [6.07, 6.45) is 3.62. The van der Waals surface area contributed by atoms with Crippen molar-refractivity contribution in [3.8, 4) is 5.75 Å². The number of amides is 2. The van der Waals surface area contributed by atoms with Crippen LogP contribution < -0.4 is 10.1 Å². The van der Waals surface area contributed by atoms with Crippen LogP contribution in [0.1, 0.15) is 42.1 Å². The Morgan fingerprint density at radius 3 is 2.45 bits per heavy atom. The zero-order valence-corrected chi connectivity index (χ0v) is 17.7. The molecule has 0 radical (unpaired) electrons. The van der Waals surface area contributed by atoms with E-state index in [4.69, 9.17) is 4.74 Å². The third kappa shape index (κ3) is 6.00. The fraction of sp³-hybridized carbons (Fsp3) is 0.391. The SMILES string of the molecule is CCCc1ccc(OCC(=O)NC2CCN(C(=O)c3ccccc3S)CC2)cc1. The highest BCUT2D eigenvalue weighted by atomic mass is 32.1. The van der Waals surface area contributed by atoms with Gasteiger partial charge in [-0.15, -0.1) is 12.6 Å². The van der Waals surface area contributed by atoms with Gasteiger partial charge in [0.2, 0.25) is 0 Å². The number of thiol groups is 1. The molecular formula is C23H28N2O3S. The van der Waals surface area contributed by atoms with E-state index >= 15 is 0 Å². The van der Waals surface area contributed by atoms with Crippen molar-refractivity contribution in [2.45, 2.75) is 43.5 Å². The van der Waals surface area contributed by atoms with Crippen molar-refractivity contribution in [1.29, 1.82) is 0 Å². The molecule has 0 aliphatic carbocycles. The summed E-state index contributed by atoms with van der Waals surface area (Å²) in [6, 6.07) is 15.3. The van der Waals surface area contributed by atoms with Gasteiger partial charge in [0.15, 0.2) is 6.61 Å². The Labute approximate surface area is 177 Å². The topological polar surface area (TPSA) is 58.6 Å². The van der Waals surface area contributed by atoms with Crippen LogP contribution in [0.2, 0.25) is 0 Å². The van der Waals surface area contributed by atoms with Crippen molar-refractivity contribution in [2.24, 2.45) is 0 Å². The first-order valence-corrected chi connectivity index (χ1v) is 10.6. The number of piperidine rings is 1. The lowest BCUT2D eigenvalue weighted by Crippen LogP contribution is -2.47. The van der Waals surface area contributed by atoms with Crippen molar-refractivity contribution in [3.05, 3.63) is 59.7 Å². The summed E-state index contributed by atoms with van der Waals surface area (Å²) >= 11 is 4.37. The molecule has 5 nitrogen and oxygen atoms in total. The van der Waals surface area contributed by atoms with E-state index in [1.165, 1.54) is 5.56 Å². The molecule has 0 saturated carbocycles. The van der Waals surface area contributed by atoms with Crippen molar-refractivity contribution < 1.29 is 14.3 Å². The number of benzene rings is 2. The minimum atomic E-state index is -0.131. The number of hydrogen-bond donors (Lipinski definition) is 2. The molecule has 2 aromatic rings. The number of rotatable bonds is 7. The van der Waals surface area contributed by atoms with Crippen molar-refractivity contribution in [1.82, 2.24) is 10.2 Å². The van der Waals surface area contributed by atoms with Gasteiger partial charge in [0, 0.05) is 24.0 Å². The Morgan fingerprint density at radius 2 is 1.79 bits per heavy atom. The van der Waals surface area contributed by atoms with Gasteiger partial charge in [-0.2, -0.15) is 0 Å². The second-order valence-electron chi connectivity index (χ2n) is 7.33. The van der Waals surface area contributed by atoms with E-state index in [1.807, 2.05) is 47.4 Å². The third-order valence-electron chi connectivity index (χ3n) is 5.11. The lowest BCUT2D eigenvalue weighted by atomic mass is 10.0. The van der Waals surface area contributed by atoms with Crippen LogP contribution in [0.25, 0.3) is 0 Å². The number of likely N-dealkylation sites (tertiary alicyclic amines) is 1. The summed E-state index contributed by atoms with van der Waals surface area (Å²) in [5, 5.41) is 3.01. The van der Waals surface area contributed by atoms with Crippen LogP contribution in [0.5, 0.6) is 5.75 Å². The quantitative estimate of drug-likeness (QED) is 0.682. The van der Waals surface area contributed by atoms with Gasteiger partial charge >= 0.3 is 0 Å². The minimum Gasteiger partial charge on any atom is -0.484 e. The maximum Gasteiger partial charge on any atom is 0.258 e. The number of ether oxygens (including phenoxy) is 1. The lowest BCUT2D eigenvalue weighted by molar-refractivity contribution is -0.124. The van der Waals surface area contributed by atoms with Crippen LogP contribution >= 0.6 is 12.6 Å². The molecule has 0 unspecified atom stereocenters. The molecule has 1 fully saturated rings. The number of nitrogens with one attached hydrogen (secondary N) is 1. The van der Waals surface area contributed by atoms with Crippen LogP contribution in [0.4, 0.5) is 0 Å². The predicted molar refractivity (Wildman–Crippen MR) is 117 cm³/mol. The zero-order chi connectivity index (χ0) is 20.6. The Morgan fingerprint density at radius 1 is 1.10 bits per heavy atom. The second-order valence-corrected chi connectivity index (χ2v) is 7.82. The maximum absolute atomic E-state index is 12.6. The van der Waals surface area contributed by atoms with E-state index in [2.05, 4.69) is 24.9 Å². The molecule has 1 saturated heterocycles. The summed E-state index contributed by atoms with van der Waals surface area (Å²) < 4.78 is 5.59. The molecule has 3 rings (SSSR count). The van der Waals surface area contributed by atoms with Crippen LogP contribution in [-0.4, -0.2) is 42.5 Å². The maximum atomic E-state index is 12.6. The van der Waals surface area contributed by atoms with E-state index in [9.17, 15) is 9.59 Å². The van der Waals surface area contributed by atoms with Crippen molar-refractivity contribution in [2.75, 3.05) is 19.7 Å². The van der Waals surface area contributed by atoms with E-state index in [1.54, 1.807) is 6.07 Å². The Hall–Kier alpha value is -2.47. The molecule has 0 spiro atoms. The molecule has 29 heavy (non-hydrogen) atoms. The van der Waals surface area contributed by atoms with Gasteiger partial charge in [-0.3, -0.25) is 9.59 Å². The molecule has 6 heteroatoms. The lowest BCUT2D eigenvalue weighted by Gasteiger charge is -2.32. The van der Waals surface area contributed by atoms with E-state index < -0.39 is 0 Å². The molecule has 1 aliphatic heterocycles. The van der Waals surface area contributed by atoms with Crippen molar-refractivity contribution >= 4 is 24.4 Å². The van der Waals surface area contributed by atoms with Gasteiger partial charge < -0.3 is 15.0 Å². The summed E-state index contributed by atoms with van der Waals surface area (Å²) in [6.45, 7) is 3.38. The Bertz CT molecular complexity index is 830. The molecule has 1 N–H and O–H groups in total. The normalized spacial score (nSPS) is 14.5. The molecular weight excluding hydrogens is 384 g/mol. The largest absolute Gasteiger partial charge is 0.484 e. The van der Waals surface area contributed by atoms with Gasteiger partial charge in [0.05, 0.1) is 5.56 Å². The average molecular weight is 413 g/mol. The minimum absolute atomic E-state index is 0.000697. The molecule has 2 aromatic carbocycles. The first-order chi connectivity index (χ1) is 14.1. The van der Waals surface area contributed by atoms with Crippen LogP contribution in [0, 0.1) is 0 Å². The smallest absolute Gasteiger partial charge is 0.258 e. The fourth-order valence-electron chi connectivity index (χ4n) is 3.51. The fourth-order valence-corrected chi connectivity index (χ4v) is 3.77. The number of aryl methyl sites for hydroxylation is 1. The third-order valence-corrected chi connectivity index (χ3v) is 5.50. The average Bonchev–Trinajstić information content (AvgIpc) is 2.74. The summed E-state index contributed by atoms with van der Waals surface area (Å²) in [4.78, 5) is 27.4. The highest BCUT2D eigenvalue weighted by Gasteiger charge is 2.25. The number of carbonyl (C=O) groups excluding carboxylic acids is 2. The standard InChI is InChI=1S/C23H28N2O3S/c1-2-5-17-8-10-19(11-9-17)28-16-22(26)24-18-12-14-25(15-13-18)23(27)20-6-3-4-7-21(20)29/h3-4,6-11,18,29H,2,5,12-16H2,1H3,(H,24,26). The Kier molecular flexibility index (Phi) is 7.58. The van der Waals surface area contributed by atoms with Crippen LogP contribution in [0.3, 0.4) is 0 Å². The van der Waals surface area contributed by atoms with E-state index in [0.717, 1.165) is 25.7 Å². The van der Waals surface area contributed by atoms with E-state index in [0.29, 0.717) is 29.3 Å². The van der Waals surface area contributed by atoms with E-state index in [-0.39, 0.29) is 24.5 Å². The molecule has 0 bridgehead atoms. The molecule has 1 aliphatic rings. The molecule has 0 aromatic heterocycles. The first-order valence-electron chi connectivity index (χ1n) is 10.1. The highest BCUT2D eigenvalue weighted by molar-refractivity contribution is 7.80. The van der Waals surface area contributed by atoms with Crippen LogP contribution in [0.15, 0.2) is 53.4 Å². The molecule has 2 amide bonds. The van der Waals surface area contributed by atoms with Gasteiger partial charge in [-0.05, 0) is 49.1 Å². The van der Waals surface area contributed by atoms with Crippen molar-refractivity contribution in [3.63, 3.8) is 0 Å². The second kappa shape index (κ2) is 10.3. The molecule has 1 heterocycles. The van der Waals surface area contributed by atoms with Gasteiger partial charge in [0.25, 0.3) is 11.8 Å². The molecule has 154 valence electrons. The van der Waals surface area contributed by atoms with Gasteiger partial charge in [0.1, 0.15) is 5.75 Å². The Balaban J connectivity index is 1.41. The summed E-state index contributed by atoms with van der Waals surface area (Å²) in [5.41, 5.74) is 1.89. The zero-order valence-electron chi connectivity index (χ0n) is 16.8. The summed E-state index contributed by atoms with van der Waals surface area (Å²) in [7, 11) is 0. The van der Waals surface area contributed by atoms with Crippen LogP contribution in [-0.2, 0) is 11.2 Å². The predicted octanol–water partition coefficient (Wildman–Crippen LogP) is 3.73. The first kappa shape index (κ1) is 21.2. The number of nitrogens with zero attached hydrogens (tertiary/aromatic N) is 1. The molecule has 0 atom stereocenters. The van der Waals surface area contributed by atoms with Gasteiger partial charge in [-0.1, -0.05) is 37.6 Å². The summed E-state index contributed by atoms with van der Waals surface area (Å²) in [5.74, 6) is 0.564. The monoisotopic (exact) mass is 412 g/mol. The number of hydrogen-bond acceptors (Lipinski definition) is 4. The van der Waals surface area contributed by atoms with Gasteiger partial charge in [-0.25, -0.2) is 0 Å².